The van der Waals surface area contributed by atoms with Gasteiger partial charge in [0.1, 0.15) is 18.1 Å². The molecule has 1 aromatic carbocycles. The third-order valence-electron chi connectivity index (χ3n) is 5.47. The normalized spacial score (nSPS) is 11.3. The van der Waals surface area contributed by atoms with E-state index in [1.165, 1.54) is 0 Å². The average Bonchev–Trinajstić information content (AvgIpc) is 3.07. The Balaban J connectivity index is 1.85. The summed E-state index contributed by atoms with van der Waals surface area (Å²) in [5.41, 5.74) is 1.87. The minimum absolute atomic E-state index is 0.236. The van der Waals surface area contributed by atoms with E-state index >= 15 is 0 Å². The number of nitrogens with one attached hydrogen (secondary N) is 1. The zero-order valence-corrected chi connectivity index (χ0v) is 18.3. The van der Waals surface area contributed by atoms with Gasteiger partial charge in [0.05, 0.1) is 23.0 Å². The minimum Gasteiger partial charge on any atom is -0.489 e. The summed E-state index contributed by atoms with van der Waals surface area (Å²) in [5, 5.41) is 0.305. The lowest BCUT2D eigenvalue weighted by Gasteiger charge is -2.08. The van der Waals surface area contributed by atoms with Crippen molar-refractivity contribution in [1.29, 1.82) is 0 Å². The first-order valence-electron chi connectivity index (χ1n) is 10.5. The molecule has 0 atom stereocenters. The van der Waals surface area contributed by atoms with Crippen molar-refractivity contribution in [2.24, 2.45) is 0 Å². The Morgan fingerprint density at radius 1 is 1.12 bits per heavy atom. The van der Waals surface area contributed by atoms with Gasteiger partial charge < -0.3 is 18.9 Å². The number of rotatable bonds is 8. The van der Waals surface area contributed by atoms with Gasteiger partial charge in [0.2, 0.25) is 5.78 Å². The van der Waals surface area contributed by atoms with Gasteiger partial charge in [-0.25, -0.2) is 4.79 Å². The van der Waals surface area contributed by atoms with Gasteiger partial charge in [0.25, 0.3) is 5.56 Å². The molecule has 0 radical (unpaired) electrons. The zero-order chi connectivity index (χ0) is 22.8. The van der Waals surface area contributed by atoms with E-state index in [-0.39, 0.29) is 5.78 Å². The fourth-order valence-electron chi connectivity index (χ4n) is 3.95. The number of fused-ring (bicyclic) bond motifs is 2. The van der Waals surface area contributed by atoms with Crippen LogP contribution < -0.4 is 16.0 Å². The molecule has 0 amide bonds. The summed E-state index contributed by atoms with van der Waals surface area (Å²) in [6, 6.07) is 10.4. The Morgan fingerprint density at radius 3 is 2.69 bits per heavy atom. The van der Waals surface area contributed by atoms with Gasteiger partial charge in [-0.2, -0.15) is 0 Å². The number of carbonyl (C=O) groups is 1. The molecule has 32 heavy (non-hydrogen) atoms. The van der Waals surface area contributed by atoms with Crippen LogP contribution in [0.3, 0.4) is 0 Å². The highest BCUT2D eigenvalue weighted by Gasteiger charge is 2.23. The van der Waals surface area contributed by atoms with E-state index in [2.05, 4.69) is 4.98 Å². The SMILES string of the molecule is CCCn1c(=O)[nH]c2ccc(C(=O)c3c(C)c(OCCOC)c4ccccn34)cc2c1=O. The van der Waals surface area contributed by atoms with E-state index in [1.54, 1.807) is 29.7 Å². The number of nitrogens with zero attached hydrogens (tertiary/aromatic N) is 2. The van der Waals surface area contributed by atoms with Crippen molar-refractivity contribution >= 4 is 22.2 Å². The van der Waals surface area contributed by atoms with Crippen molar-refractivity contribution < 1.29 is 14.3 Å². The van der Waals surface area contributed by atoms with Crippen LogP contribution in [0.5, 0.6) is 5.75 Å². The Morgan fingerprint density at radius 2 is 1.94 bits per heavy atom. The van der Waals surface area contributed by atoms with E-state index in [1.807, 2.05) is 38.2 Å². The molecule has 0 aliphatic rings. The molecule has 3 heterocycles. The molecule has 3 aromatic heterocycles. The van der Waals surface area contributed by atoms with Gasteiger partial charge in [0, 0.05) is 31.0 Å². The first-order chi connectivity index (χ1) is 15.5. The van der Waals surface area contributed by atoms with Gasteiger partial charge in [-0.1, -0.05) is 13.0 Å². The van der Waals surface area contributed by atoms with Crippen molar-refractivity contribution in [1.82, 2.24) is 14.0 Å². The summed E-state index contributed by atoms with van der Waals surface area (Å²) in [4.78, 5) is 41.4. The predicted molar refractivity (Wildman–Crippen MR) is 122 cm³/mol. The average molecular weight is 435 g/mol. The van der Waals surface area contributed by atoms with Crippen molar-refractivity contribution in [3.63, 3.8) is 0 Å². The summed E-state index contributed by atoms with van der Waals surface area (Å²) in [6.45, 7) is 4.84. The molecule has 0 unspecified atom stereocenters. The maximum atomic E-state index is 13.6. The molecule has 0 spiro atoms. The van der Waals surface area contributed by atoms with Crippen molar-refractivity contribution in [3.05, 3.63) is 80.3 Å². The molecule has 8 heteroatoms. The highest BCUT2D eigenvalue weighted by atomic mass is 16.5. The molecule has 4 aromatic rings. The standard InChI is InChI=1S/C24H25N3O5/c1-4-10-27-23(29)17-14-16(8-9-18(17)25-24(27)30)21(28)20-15(2)22(32-13-12-31-3)19-7-5-6-11-26(19)20/h5-9,11,14H,4,10,12-13H2,1-3H3,(H,25,30). The first-order valence-corrected chi connectivity index (χ1v) is 10.5. The van der Waals surface area contributed by atoms with Crippen molar-refractivity contribution in [3.8, 4) is 5.75 Å². The molecule has 0 saturated heterocycles. The number of pyridine rings is 1. The lowest BCUT2D eigenvalue weighted by molar-refractivity contribution is 0.103. The molecule has 0 aliphatic carbocycles. The number of H-pyrrole nitrogens is 1. The second-order valence-corrected chi connectivity index (χ2v) is 7.58. The second kappa shape index (κ2) is 8.84. The molecule has 0 fully saturated rings. The van der Waals surface area contributed by atoms with E-state index < -0.39 is 11.2 Å². The Kier molecular flexibility index (Phi) is 5.96. The van der Waals surface area contributed by atoms with E-state index in [9.17, 15) is 14.4 Å². The third kappa shape index (κ3) is 3.62. The third-order valence-corrected chi connectivity index (χ3v) is 5.47. The fourth-order valence-corrected chi connectivity index (χ4v) is 3.95. The van der Waals surface area contributed by atoms with Gasteiger partial charge in [-0.3, -0.25) is 14.2 Å². The Bertz CT molecular complexity index is 1430. The monoisotopic (exact) mass is 435 g/mol. The van der Waals surface area contributed by atoms with Crippen LogP contribution in [0.1, 0.15) is 35.0 Å². The molecular formula is C24H25N3O5. The number of methoxy groups -OCH3 is 1. The molecule has 1 N–H and O–H groups in total. The van der Waals surface area contributed by atoms with Crippen LogP contribution in [0.4, 0.5) is 0 Å². The number of ketones is 1. The maximum absolute atomic E-state index is 13.6. The molecule has 0 saturated carbocycles. The topological polar surface area (TPSA) is 94.8 Å². The van der Waals surface area contributed by atoms with Crippen LogP contribution in [-0.2, 0) is 11.3 Å². The second-order valence-electron chi connectivity index (χ2n) is 7.58. The Labute approximate surface area is 184 Å². The molecule has 166 valence electrons. The summed E-state index contributed by atoms with van der Waals surface area (Å²) in [7, 11) is 1.60. The van der Waals surface area contributed by atoms with Crippen molar-refractivity contribution in [2.75, 3.05) is 20.3 Å². The summed E-state index contributed by atoms with van der Waals surface area (Å²) in [6.07, 6.45) is 2.46. The number of carbonyl (C=O) groups excluding carboxylic acids is 1. The first kappa shape index (κ1) is 21.6. The van der Waals surface area contributed by atoms with Crippen LogP contribution in [0.25, 0.3) is 16.4 Å². The number of ether oxygens (including phenoxy) is 2. The number of aromatic amines is 1. The van der Waals surface area contributed by atoms with Gasteiger partial charge in [-0.05, 0) is 43.7 Å². The molecular weight excluding hydrogens is 410 g/mol. The summed E-state index contributed by atoms with van der Waals surface area (Å²) < 4.78 is 13.9. The predicted octanol–water partition coefficient (Wildman–Crippen LogP) is 2.92. The van der Waals surface area contributed by atoms with Crippen LogP contribution >= 0.6 is 0 Å². The lowest BCUT2D eigenvalue weighted by Crippen LogP contribution is -2.35. The van der Waals surface area contributed by atoms with Crippen molar-refractivity contribution in [2.45, 2.75) is 26.8 Å². The quantitative estimate of drug-likeness (QED) is 0.339. The number of benzene rings is 1. The number of hydrogen-bond donors (Lipinski definition) is 1. The maximum Gasteiger partial charge on any atom is 0.328 e. The number of hydrogen-bond acceptors (Lipinski definition) is 5. The van der Waals surface area contributed by atoms with E-state index in [0.717, 1.165) is 10.1 Å². The largest absolute Gasteiger partial charge is 0.489 e. The highest BCUT2D eigenvalue weighted by molar-refractivity contribution is 6.11. The van der Waals surface area contributed by atoms with E-state index in [4.69, 9.17) is 9.47 Å². The molecule has 4 rings (SSSR count). The van der Waals surface area contributed by atoms with Gasteiger partial charge in [-0.15, -0.1) is 0 Å². The molecule has 0 aliphatic heterocycles. The van der Waals surface area contributed by atoms with Crippen LogP contribution in [0, 0.1) is 6.92 Å². The smallest absolute Gasteiger partial charge is 0.328 e. The molecule has 0 bridgehead atoms. The highest BCUT2D eigenvalue weighted by Crippen LogP contribution is 2.32. The number of aromatic nitrogens is 3. The molecule has 8 nitrogen and oxygen atoms in total. The summed E-state index contributed by atoms with van der Waals surface area (Å²) in [5.74, 6) is 0.390. The van der Waals surface area contributed by atoms with Gasteiger partial charge >= 0.3 is 5.69 Å². The Hall–Kier alpha value is -3.65. The minimum atomic E-state index is -0.449. The fraction of sp³-hybridized carbons (Fsp3) is 0.292. The van der Waals surface area contributed by atoms with Gasteiger partial charge in [0.15, 0.2) is 0 Å². The van der Waals surface area contributed by atoms with Crippen LogP contribution in [0.2, 0.25) is 0 Å². The summed E-state index contributed by atoms with van der Waals surface area (Å²) >= 11 is 0. The van der Waals surface area contributed by atoms with E-state index in [0.29, 0.717) is 59.7 Å². The van der Waals surface area contributed by atoms with Crippen LogP contribution in [0.15, 0.2) is 52.2 Å². The zero-order valence-electron chi connectivity index (χ0n) is 18.3. The van der Waals surface area contributed by atoms with Crippen LogP contribution in [-0.4, -0.2) is 40.1 Å². The lowest BCUT2D eigenvalue weighted by atomic mass is 10.0.